The van der Waals surface area contributed by atoms with Crippen molar-refractivity contribution in [3.8, 4) is 0 Å². The van der Waals surface area contributed by atoms with Crippen LogP contribution in [0.4, 0.5) is 0 Å². The van der Waals surface area contributed by atoms with Gasteiger partial charge in [0.1, 0.15) is 0 Å². The third kappa shape index (κ3) is 4.13. The third-order valence-corrected chi connectivity index (χ3v) is 3.45. The van der Waals surface area contributed by atoms with Gasteiger partial charge in [-0.2, -0.15) is 0 Å². The van der Waals surface area contributed by atoms with E-state index in [1.165, 1.54) is 32.5 Å². The normalized spacial score (nSPS) is 21.2. The van der Waals surface area contributed by atoms with Crippen LogP contribution in [0.5, 0.6) is 0 Å². The van der Waals surface area contributed by atoms with E-state index in [4.69, 9.17) is 0 Å². The van der Waals surface area contributed by atoms with E-state index in [1.54, 1.807) is 0 Å². The Labute approximate surface area is 95.6 Å². The first-order chi connectivity index (χ1) is 6.24. The number of piperidine rings is 1. The predicted molar refractivity (Wildman–Crippen MR) is 66.3 cm³/mol. The Morgan fingerprint density at radius 1 is 1.38 bits per heavy atom. The molecule has 1 heterocycles. The van der Waals surface area contributed by atoms with Gasteiger partial charge < -0.3 is 10.2 Å². The molecule has 0 aromatic heterocycles. The Kier molecular flexibility index (Phi) is 5.58. The minimum absolute atomic E-state index is 0.735. The van der Waals surface area contributed by atoms with E-state index >= 15 is 0 Å². The van der Waals surface area contributed by atoms with Crippen molar-refractivity contribution in [1.82, 2.24) is 10.2 Å². The Balaban J connectivity index is 2.15. The molecule has 0 aromatic rings. The summed E-state index contributed by atoms with van der Waals surface area (Å²) in [7, 11) is 0. The second-order valence-electron chi connectivity index (χ2n) is 4.16. The maximum absolute atomic E-state index is 3.43. The minimum atomic E-state index is 0.735. The van der Waals surface area contributed by atoms with Gasteiger partial charge >= 0.3 is 0 Å². The Hall–Kier alpha value is 0.650. The number of hydrogen-bond donors (Lipinski definition) is 1. The van der Waals surface area contributed by atoms with Gasteiger partial charge in [-0.05, 0) is 52.2 Å². The first-order valence-electron chi connectivity index (χ1n) is 5.24. The van der Waals surface area contributed by atoms with Gasteiger partial charge in [0.2, 0.25) is 0 Å². The van der Waals surface area contributed by atoms with Gasteiger partial charge in [-0.25, -0.2) is 0 Å². The lowest BCUT2D eigenvalue weighted by Crippen LogP contribution is -2.40. The van der Waals surface area contributed by atoms with Gasteiger partial charge in [-0.1, -0.05) is 22.6 Å². The van der Waals surface area contributed by atoms with Gasteiger partial charge in [0.15, 0.2) is 0 Å². The van der Waals surface area contributed by atoms with Crippen LogP contribution >= 0.6 is 22.6 Å². The number of rotatable bonds is 4. The molecule has 0 bridgehead atoms. The molecular weight excluding hydrogens is 275 g/mol. The highest BCUT2D eigenvalue weighted by Gasteiger charge is 2.19. The molecule has 2 nitrogen and oxygen atoms in total. The highest BCUT2D eigenvalue weighted by Crippen LogP contribution is 2.17. The van der Waals surface area contributed by atoms with Crippen molar-refractivity contribution in [2.75, 3.05) is 24.2 Å². The largest absolute Gasteiger partial charge is 0.308 e. The molecule has 3 heteroatoms. The van der Waals surface area contributed by atoms with Gasteiger partial charge in [-0.3, -0.25) is 0 Å². The predicted octanol–water partition coefficient (Wildman–Crippen LogP) is 2.09. The van der Waals surface area contributed by atoms with Crippen LogP contribution in [-0.4, -0.2) is 35.1 Å². The van der Waals surface area contributed by atoms with Gasteiger partial charge in [0.25, 0.3) is 0 Å². The fourth-order valence-corrected chi connectivity index (χ4v) is 2.24. The summed E-state index contributed by atoms with van der Waals surface area (Å²) in [5.41, 5.74) is 0. The summed E-state index contributed by atoms with van der Waals surface area (Å²) in [4.78, 5) is 2.58. The molecule has 0 aromatic carbocycles. The van der Waals surface area contributed by atoms with Crippen molar-refractivity contribution in [2.45, 2.75) is 32.7 Å². The van der Waals surface area contributed by atoms with E-state index in [9.17, 15) is 0 Å². The van der Waals surface area contributed by atoms with Crippen molar-refractivity contribution >= 4 is 22.6 Å². The summed E-state index contributed by atoms with van der Waals surface area (Å²) < 4.78 is 1.09. The average Bonchev–Trinajstić information content (AvgIpc) is 2.15. The van der Waals surface area contributed by atoms with Crippen LogP contribution in [0.3, 0.4) is 0 Å². The molecule has 1 rings (SSSR count). The van der Waals surface area contributed by atoms with E-state index in [1.807, 2.05) is 0 Å². The summed E-state index contributed by atoms with van der Waals surface area (Å²) in [5, 5.41) is 3.43. The first kappa shape index (κ1) is 11.7. The van der Waals surface area contributed by atoms with E-state index in [2.05, 4.69) is 46.7 Å². The van der Waals surface area contributed by atoms with Crippen LogP contribution in [-0.2, 0) is 0 Å². The highest BCUT2D eigenvalue weighted by atomic mass is 127. The molecule has 1 N–H and O–H groups in total. The summed E-state index contributed by atoms with van der Waals surface area (Å²) in [6.07, 6.45) is 2.75. The molecule has 0 atom stereocenters. The fraction of sp³-hybridized carbons (Fsp3) is 1.00. The van der Waals surface area contributed by atoms with Crippen LogP contribution in [0.1, 0.15) is 26.7 Å². The summed E-state index contributed by atoms with van der Waals surface area (Å²) in [5.74, 6) is 0.921. The monoisotopic (exact) mass is 296 g/mol. The van der Waals surface area contributed by atoms with Crippen molar-refractivity contribution < 1.29 is 0 Å². The van der Waals surface area contributed by atoms with Crippen molar-refractivity contribution in [3.63, 3.8) is 0 Å². The second-order valence-corrected chi connectivity index (χ2v) is 4.92. The Morgan fingerprint density at radius 2 is 2.00 bits per heavy atom. The third-order valence-electron chi connectivity index (χ3n) is 2.91. The lowest BCUT2D eigenvalue weighted by molar-refractivity contribution is 0.149. The molecule has 1 aliphatic heterocycles. The molecule has 0 unspecified atom stereocenters. The topological polar surface area (TPSA) is 15.3 Å². The van der Waals surface area contributed by atoms with Crippen molar-refractivity contribution in [3.05, 3.63) is 0 Å². The van der Waals surface area contributed by atoms with E-state index in [0.717, 1.165) is 16.5 Å². The fourth-order valence-electron chi connectivity index (χ4n) is 1.93. The molecule has 78 valence electrons. The smallest absolute Gasteiger partial charge is 0.0480 e. The van der Waals surface area contributed by atoms with Gasteiger partial charge in [0, 0.05) is 10.6 Å². The van der Waals surface area contributed by atoms with Crippen LogP contribution in [0.15, 0.2) is 0 Å². The van der Waals surface area contributed by atoms with Gasteiger partial charge in [-0.15, -0.1) is 0 Å². The number of halogens is 1. The zero-order valence-corrected chi connectivity index (χ0v) is 10.9. The highest BCUT2D eigenvalue weighted by molar-refractivity contribution is 14.1. The standard InChI is InChI=1S/C10H21IN2/c1-9(2)13-5-3-10(4-6-13)7-12-8-11/h9-10,12H,3-8H2,1-2H3. The number of hydrogen-bond acceptors (Lipinski definition) is 2. The van der Waals surface area contributed by atoms with E-state index < -0.39 is 0 Å². The molecule has 13 heavy (non-hydrogen) atoms. The molecule has 0 amide bonds. The summed E-state index contributed by atoms with van der Waals surface area (Å²) >= 11 is 2.38. The summed E-state index contributed by atoms with van der Waals surface area (Å²) in [6.45, 7) is 8.40. The quantitative estimate of drug-likeness (QED) is 0.485. The van der Waals surface area contributed by atoms with Crippen LogP contribution in [0, 0.1) is 5.92 Å². The molecule has 0 aliphatic carbocycles. The number of likely N-dealkylation sites (tertiary alicyclic amines) is 1. The zero-order chi connectivity index (χ0) is 9.68. The first-order valence-corrected chi connectivity index (χ1v) is 6.77. The van der Waals surface area contributed by atoms with Crippen molar-refractivity contribution in [1.29, 1.82) is 0 Å². The Morgan fingerprint density at radius 3 is 2.46 bits per heavy atom. The van der Waals surface area contributed by atoms with Gasteiger partial charge in [0.05, 0.1) is 0 Å². The Bertz CT molecular complexity index is 131. The summed E-state index contributed by atoms with van der Waals surface area (Å²) in [6, 6.07) is 0.735. The molecule has 0 saturated carbocycles. The molecule has 0 radical (unpaired) electrons. The molecular formula is C10H21IN2. The van der Waals surface area contributed by atoms with Crippen LogP contribution in [0.2, 0.25) is 0 Å². The molecule has 1 saturated heterocycles. The molecule has 0 spiro atoms. The lowest BCUT2D eigenvalue weighted by Gasteiger charge is -2.34. The van der Waals surface area contributed by atoms with E-state index in [-0.39, 0.29) is 0 Å². The lowest BCUT2D eigenvalue weighted by atomic mass is 9.96. The van der Waals surface area contributed by atoms with Crippen LogP contribution in [0.25, 0.3) is 0 Å². The number of nitrogens with zero attached hydrogens (tertiary/aromatic N) is 1. The molecule has 1 fully saturated rings. The van der Waals surface area contributed by atoms with E-state index in [0.29, 0.717) is 0 Å². The molecule has 1 aliphatic rings. The zero-order valence-electron chi connectivity index (χ0n) is 8.72. The maximum atomic E-state index is 3.43. The minimum Gasteiger partial charge on any atom is -0.308 e. The average molecular weight is 296 g/mol. The SMILES string of the molecule is CC(C)N1CCC(CNCI)CC1. The maximum Gasteiger partial charge on any atom is 0.0480 e. The number of alkyl halides is 1. The number of nitrogens with one attached hydrogen (secondary N) is 1. The second kappa shape index (κ2) is 6.19. The van der Waals surface area contributed by atoms with Crippen LogP contribution < -0.4 is 5.32 Å². The van der Waals surface area contributed by atoms with Crippen molar-refractivity contribution in [2.24, 2.45) is 5.92 Å².